The summed E-state index contributed by atoms with van der Waals surface area (Å²) in [5, 5.41) is 2.21. The fourth-order valence-corrected chi connectivity index (χ4v) is 4.46. The van der Waals surface area contributed by atoms with E-state index in [9.17, 15) is 24.0 Å². The van der Waals surface area contributed by atoms with Gasteiger partial charge in [-0.2, -0.15) is 0 Å². The highest BCUT2D eigenvalue weighted by Gasteiger charge is 2.36. The first-order chi connectivity index (χ1) is 16.4. The quantitative estimate of drug-likeness (QED) is 0.457. The molecule has 2 aliphatic rings. The lowest BCUT2D eigenvalue weighted by Crippen LogP contribution is -2.39. The summed E-state index contributed by atoms with van der Waals surface area (Å²) in [5.41, 5.74) is 1.41. The van der Waals surface area contributed by atoms with Crippen LogP contribution >= 0.6 is 11.8 Å². The number of nitrogens with zero attached hydrogens (tertiary/aromatic N) is 2. The highest BCUT2D eigenvalue weighted by Crippen LogP contribution is 2.32. The number of hydrogen-bond acceptors (Lipinski definition) is 7. The molecule has 2 aliphatic heterocycles. The predicted octanol–water partition coefficient (Wildman–Crippen LogP) is 2.53. The topological polar surface area (TPSA) is 113 Å². The maximum absolute atomic E-state index is 12.6. The molecule has 10 heteroatoms. The number of thioether (sulfide) groups is 1. The Labute approximate surface area is 199 Å². The molecule has 1 fully saturated rings. The maximum atomic E-state index is 12.6. The molecule has 5 amide bonds. The van der Waals surface area contributed by atoms with Crippen LogP contribution < -0.4 is 10.1 Å². The molecule has 0 unspecified atom stereocenters. The molecule has 0 radical (unpaired) electrons. The fraction of sp³-hybridized carbons (Fsp3) is 0.208. The fourth-order valence-electron chi connectivity index (χ4n) is 3.60. The molecule has 2 aromatic carbocycles. The number of imide groups is 2. The summed E-state index contributed by atoms with van der Waals surface area (Å²) in [6.07, 6.45) is 1.55. The zero-order valence-corrected chi connectivity index (χ0v) is 19.1. The molecule has 4 rings (SSSR count). The van der Waals surface area contributed by atoms with Crippen molar-refractivity contribution in [3.63, 3.8) is 0 Å². The molecule has 34 heavy (non-hydrogen) atoms. The van der Waals surface area contributed by atoms with Gasteiger partial charge in [-0.25, -0.2) is 0 Å². The van der Waals surface area contributed by atoms with Gasteiger partial charge in [0.1, 0.15) is 5.75 Å². The van der Waals surface area contributed by atoms with E-state index in [1.165, 1.54) is 0 Å². The van der Waals surface area contributed by atoms with Gasteiger partial charge < -0.3 is 10.1 Å². The number of fused-ring (bicyclic) bond motifs is 1. The molecule has 0 aromatic heterocycles. The van der Waals surface area contributed by atoms with Crippen LogP contribution in [0.2, 0.25) is 0 Å². The average Bonchev–Trinajstić information content (AvgIpc) is 3.25. The van der Waals surface area contributed by atoms with Crippen LogP contribution in [0.3, 0.4) is 0 Å². The number of hydrogen-bond donors (Lipinski definition) is 1. The van der Waals surface area contributed by atoms with Crippen LogP contribution in [0.4, 0.5) is 4.79 Å². The highest BCUT2D eigenvalue weighted by atomic mass is 32.2. The average molecular weight is 480 g/mol. The van der Waals surface area contributed by atoms with E-state index in [0.717, 1.165) is 27.1 Å². The number of amides is 5. The summed E-state index contributed by atoms with van der Waals surface area (Å²) in [6, 6.07) is 13.6. The number of benzene rings is 2. The summed E-state index contributed by atoms with van der Waals surface area (Å²) < 4.78 is 5.10. The second kappa shape index (κ2) is 9.92. The van der Waals surface area contributed by atoms with E-state index in [-0.39, 0.29) is 26.1 Å². The lowest BCUT2D eigenvalue weighted by atomic mass is 10.1. The first kappa shape index (κ1) is 23.2. The second-order valence-electron chi connectivity index (χ2n) is 7.51. The molecular formula is C24H21N3O6S. The van der Waals surface area contributed by atoms with Crippen LogP contribution in [0.15, 0.2) is 53.4 Å². The monoisotopic (exact) mass is 479 g/mol. The van der Waals surface area contributed by atoms with Gasteiger partial charge in [0.25, 0.3) is 23.0 Å². The molecule has 174 valence electrons. The van der Waals surface area contributed by atoms with Gasteiger partial charge in [0.15, 0.2) is 0 Å². The van der Waals surface area contributed by atoms with Gasteiger partial charge in [-0.05, 0) is 47.7 Å². The Kier molecular flexibility index (Phi) is 6.78. The first-order valence-electron chi connectivity index (χ1n) is 10.5. The minimum atomic E-state index is -0.425. The van der Waals surface area contributed by atoms with Crippen molar-refractivity contribution in [1.29, 1.82) is 0 Å². The molecule has 0 bridgehead atoms. The van der Waals surface area contributed by atoms with Crippen molar-refractivity contribution in [3.05, 3.63) is 70.1 Å². The van der Waals surface area contributed by atoms with E-state index in [2.05, 4.69) is 5.32 Å². The summed E-state index contributed by atoms with van der Waals surface area (Å²) >= 11 is 0.840. The molecule has 2 heterocycles. The molecule has 2 aromatic rings. The van der Waals surface area contributed by atoms with E-state index in [0.29, 0.717) is 21.8 Å². The minimum absolute atomic E-state index is 0.0172. The Bertz CT molecular complexity index is 1170. The van der Waals surface area contributed by atoms with Crippen molar-refractivity contribution >= 4 is 46.7 Å². The maximum Gasteiger partial charge on any atom is 0.293 e. The summed E-state index contributed by atoms with van der Waals surface area (Å²) in [5.74, 6) is -0.975. The highest BCUT2D eigenvalue weighted by molar-refractivity contribution is 8.18. The second-order valence-corrected chi connectivity index (χ2v) is 8.51. The van der Waals surface area contributed by atoms with Crippen LogP contribution in [0.25, 0.3) is 6.08 Å². The molecule has 0 spiro atoms. The van der Waals surface area contributed by atoms with Gasteiger partial charge in [0, 0.05) is 26.1 Å². The van der Waals surface area contributed by atoms with Gasteiger partial charge in [-0.3, -0.25) is 33.8 Å². The number of carbonyl (C=O) groups is 5. The van der Waals surface area contributed by atoms with Crippen molar-refractivity contribution in [1.82, 2.24) is 15.1 Å². The van der Waals surface area contributed by atoms with Gasteiger partial charge in [-0.1, -0.05) is 24.3 Å². The normalized spacial score (nSPS) is 16.4. The summed E-state index contributed by atoms with van der Waals surface area (Å²) in [4.78, 5) is 64.2. The lowest BCUT2D eigenvalue weighted by Gasteiger charge is -2.15. The molecule has 1 N–H and O–H groups in total. The lowest BCUT2D eigenvalue weighted by molar-refractivity contribution is -0.124. The third kappa shape index (κ3) is 4.72. The van der Waals surface area contributed by atoms with Crippen molar-refractivity contribution in [2.75, 3.05) is 26.7 Å². The van der Waals surface area contributed by atoms with Gasteiger partial charge in [0.05, 0.1) is 23.1 Å². The number of nitrogens with one attached hydrogen (secondary N) is 1. The van der Waals surface area contributed by atoms with Gasteiger partial charge >= 0.3 is 0 Å². The van der Waals surface area contributed by atoms with E-state index in [1.807, 2.05) is 0 Å². The molecule has 9 nitrogen and oxygen atoms in total. The van der Waals surface area contributed by atoms with Crippen LogP contribution in [0.5, 0.6) is 5.75 Å². The van der Waals surface area contributed by atoms with Crippen LogP contribution in [-0.2, 0) is 9.59 Å². The Morgan fingerprint density at radius 3 is 2.18 bits per heavy atom. The van der Waals surface area contributed by atoms with E-state index in [4.69, 9.17) is 4.74 Å². The number of rotatable bonds is 8. The molecule has 1 saturated heterocycles. The number of carbonyl (C=O) groups excluding carboxylic acids is 5. The van der Waals surface area contributed by atoms with Crippen molar-refractivity contribution < 1.29 is 28.7 Å². The van der Waals surface area contributed by atoms with E-state index >= 15 is 0 Å². The zero-order chi connectivity index (χ0) is 24.2. The summed E-state index contributed by atoms with van der Waals surface area (Å²) in [6.45, 7) is 0.0303. The van der Waals surface area contributed by atoms with Crippen molar-refractivity contribution in [2.45, 2.75) is 6.42 Å². The largest absolute Gasteiger partial charge is 0.497 e. The standard InChI is InChI=1S/C24H21N3O6S/c1-33-16-8-6-15(7-9-16)14-19-23(31)27(24(32)34-19)13-11-25-20(28)10-12-26-21(29)17-4-2-3-5-18(17)22(26)30/h2-9,14H,10-13H2,1H3,(H,25,28). The van der Waals surface area contributed by atoms with Crippen LogP contribution in [-0.4, -0.2) is 65.4 Å². The third-order valence-electron chi connectivity index (χ3n) is 5.39. The smallest absolute Gasteiger partial charge is 0.293 e. The minimum Gasteiger partial charge on any atom is -0.497 e. The molecule has 0 atom stereocenters. The number of ether oxygens (including phenoxy) is 1. The van der Waals surface area contributed by atoms with E-state index in [1.54, 1.807) is 61.7 Å². The summed E-state index contributed by atoms with van der Waals surface area (Å²) in [7, 11) is 1.56. The first-order valence-corrected chi connectivity index (χ1v) is 11.3. The predicted molar refractivity (Wildman–Crippen MR) is 125 cm³/mol. The van der Waals surface area contributed by atoms with Crippen molar-refractivity contribution in [2.24, 2.45) is 0 Å². The zero-order valence-electron chi connectivity index (χ0n) is 18.3. The van der Waals surface area contributed by atoms with Gasteiger partial charge in [0.2, 0.25) is 5.91 Å². The molecular weight excluding hydrogens is 458 g/mol. The van der Waals surface area contributed by atoms with E-state index < -0.39 is 28.9 Å². The SMILES string of the molecule is COc1ccc(C=C2SC(=O)N(CCNC(=O)CCN3C(=O)c4ccccc4C3=O)C2=O)cc1. The van der Waals surface area contributed by atoms with Crippen LogP contribution in [0.1, 0.15) is 32.7 Å². The Balaban J connectivity index is 1.25. The molecule has 0 aliphatic carbocycles. The van der Waals surface area contributed by atoms with Crippen LogP contribution in [0, 0.1) is 0 Å². The third-order valence-corrected chi connectivity index (χ3v) is 6.29. The Hall–Kier alpha value is -3.92. The Morgan fingerprint density at radius 1 is 0.912 bits per heavy atom. The molecule has 0 saturated carbocycles. The number of methoxy groups -OCH3 is 1. The Morgan fingerprint density at radius 2 is 1.56 bits per heavy atom. The van der Waals surface area contributed by atoms with Crippen molar-refractivity contribution in [3.8, 4) is 5.75 Å². The van der Waals surface area contributed by atoms with Gasteiger partial charge in [-0.15, -0.1) is 0 Å².